The highest BCUT2D eigenvalue weighted by molar-refractivity contribution is 7.91. The molecule has 2 amide bonds. The minimum atomic E-state index is -4.54. The zero-order valence-corrected chi connectivity index (χ0v) is 11.2. The van der Waals surface area contributed by atoms with E-state index in [1.54, 1.807) is 0 Å². The number of anilines is 1. The molecule has 0 atom stereocenters. The number of nitrogens with one attached hydrogen (secondary N) is 1. The van der Waals surface area contributed by atoms with Crippen molar-refractivity contribution < 1.29 is 31.2 Å². The van der Waals surface area contributed by atoms with E-state index in [0.29, 0.717) is 12.1 Å². The summed E-state index contributed by atoms with van der Waals surface area (Å²) < 4.78 is 62.8. The minimum Gasteiger partial charge on any atom is -0.273 e. The first-order valence-electron chi connectivity index (χ1n) is 5.67. The molecule has 1 heterocycles. The van der Waals surface area contributed by atoms with Gasteiger partial charge in [0.05, 0.1) is 11.3 Å². The van der Waals surface area contributed by atoms with Crippen molar-refractivity contribution in [1.29, 1.82) is 0 Å². The van der Waals surface area contributed by atoms with Crippen LogP contribution in [0.25, 0.3) is 0 Å². The summed E-state index contributed by atoms with van der Waals surface area (Å²) in [7, 11) is -4.46. The maximum Gasteiger partial charge on any atom is 0.416 e. The maximum absolute atomic E-state index is 12.4. The van der Waals surface area contributed by atoms with E-state index >= 15 is 0 Å². The fraction of sp³-hybridized carbons (Fsp3) is 0.273. The van der Waals surface area contributed by atoms with Crippen molar-refractivity contribution >= 4 is 27.7 Å². The molecule has 1 N–H and O–H groups in total. The number of hydrogen-bond donors (Lipinski definition) is 1. The molecule has 1 aromatic rings. The second-order valence-corrected chi connectivity index (χ2v) is 5.75. The Morgan fingerprint density at radius 2 is 1.48 bits per heavy atom. The fourth-order valence-corrected chi connectivity index (χ4v) is 2.99. The van der Waals surface area contributed by atoms with Gasteiger partial charge in [-0.2, -0.15) is 25.9 Å². The number of amides is 2. The van der Waals surface area contributed by atoms with E-state index in [2.05, 4.69) is 0 Å². The Labute approximate surface area is 117 Å². The molecule has 0 aromatic heterocycles. The summed E-state index contributed by atoms with van der Waals surface area (Å²) in [5.74, 6) is -1.75. The van der Waals surface area contributed by atoms with Crippen molar-refractivity contribution in [3.05, 3.63) is 29.8 Å². The van der Waals surface area contributed by atoms with Crippen LogP contribution in [-0.2, 0) is 26.0 Å². The number of hydrogen-bond acceptors (Lipinski definition) is 4. The zero-order valence-electron chi connectivity index (χ0n) is 10.3. The van der Waals surface area contributed by atoms with Crippen molar-refractivity contribution in [1.82, 2.24) is 4.31 Å². The lowest BCUT2D eigenvalue weighted by atomic mass is 10.2. The molecule has 1 aliphatic heterocycles. The van der Waals surface area contributed by atoms with Crippen LogP contribution in [0.2, 0.25) is 0 Å². The molecule has 114 valence electrons. The van der Waals surface area contributed by atoms with Gasteiger partial charge in [0.2, 0.25) is 11.8 Å². The van der Waals surface area contributed by atoms with E-state index in [4.69, 9.17) is 0 Å². The van der Waals surface area contributed by atoms with Crippen LogP contribution in [0, 0.1) is 0 Å². The Kier molecular flexibility index (Phi) is 3.66. The van der Waals surface area contributed by atoms with Gasteiger partial charge in [-0.15, -0.1) is 0 Å². The number of halogens is 3. The van der Waals surface area contributed by atoms with Crippen molar-refractivity contribution in [2.45, 2.75) is 19.0 Å². The largest absolute Gasteiger partial charge is 0.416 e. The summed E-state index contributed by atoms with van der Waals surface area (Å²) in [4.78, 5) is 22.7. The lowest BCUT2D eigenvalue weighted by Gasteiger charge is -2.16. The van der Waals surface area contributed by atoms with Crippen LogP contribution < -0.4 is 4.72 Å². The predicted molar refractivity (Wildman–Crippen MR) is 65.1 cm³/mol. The molecule has 2 rings (SSSR count). The van der Waals surface area contributed by atoms with E-state index in [1.807, 2.05) is 4.72 Å². The van der Waals surface area contributed by atoms with Gasteiger partial charge in [-0.05, 0) is 24.3 Å². The van der Waals surface area contributed by atoms with E-state index < -0.39 is 33.8 Å². The third-order valence-corrected chi connectivity index (χ3v) is 4.09. The lowest BCUT2D eigenvalue weighted by molar-refractivity contribution is -0.137. The normalized spacial score (nSPS) is 16.4. The Morgan fingerprint density at radius 1 is 1.00 bits per heavy atom. The Hall–Kier alpha value is -2.10. The molecule has 21 heavy (non-hydrogen) atoms. The molecule has 6 nitrogen and oxygen atoms in total. The van der Waals surface area contributed by atoms with E-state index in [-0.39, 0.29) is 22.8 Å². The van der Waals surface area contributed by atoms with E-state index in [0.717, 1.165) is 12.1 Å². The van der Waals surface area contributed by atoms with Crippen molar-refractivity contribution in [2.24, 2.45) is 0 Å². The first-order chi connectivity index (χ1) is 9.61. The third kappa shape index (κ3) is 3.15. The molecule has 0 unspecified atom stereocenters. The van der Waals surface area contributed by atoms with Gasteiger partial charge >= 0.3 is 16.4 Å². The van der Waals surface area contributed by atoms with Gasteiger partial charge < -0.3 is 0 Å². The van der Waals surface area contributed by atoms with Gasteiger partial charge in [-0.1, -0.05) is 0 Å². The second-order valence-electron chi connectivity index (χ2n) is 4.23. The highest BCUT2D eigenvalue weighted by Crippen LogP contribution is 2.30. The smallest absolute Gasteiger partial charge is 0.273 e. The van der Waals surface area contributed by atoms with Gasteiger partial charge in [0.1, 0.15) is 0 Å². The summed E-state index contributed by atoms with van der Waals surface area (Å²) in [6.45, 7) is 0. The molecule has 0 aliphatic carbocycles. The highest BCUT2D eigenvalue weighted by atomic mass is 32.2. The molecule has 1 saturated heterocycles. The summed E-state index contributed by atoms with van der Waals surface area (Å²) in [5.41, 5.74) is -1.13. The fourth-order valence-electron chi connectivity index (χ4n) is 1.75. The number of imide groups is 1. The minimum absolute atomic E-state index is 0.0880. The lowest BCUT2D eigenvalue weighted by Crippen LogP contribution is -2.39. The molecule has 1 aromatic carbocycles. The monoisotopic (exact) mass is 322 g/mol. The van der Waals surface area contributed by atoms with Crippen LogP contribution in [-0.4, -0.2) is 24.5 Å². The SMILES string of the molecule is O=C1CCC(=O)N1S(=O)(=O)Nc1ccc(C(F)(F)F)cc1. The summed E-state index contributed by atoms with van der Waals surface area (Å²) in [5, 5.41) is 0. The summed E-state index contributed by atoms with van der Waals surface area (Å²) >= 11 is 0. The van der Waals surface area contributed by atoms with Crippen LogP contribution in [0.1, 0.15) is 18.4 Å². The van der Waals surface area contributed by atoms with E-state index in [9.17, 15) is 31.2 Å². The predicted octanol–water partition coefficient (Wildman–Crippen LogP) is 1.51. The molecule has 0 spiro atoms. The third-order valence-electron chi connectivity index (χ3n) is 2.71. The number of rotatable bonds is 3. The molecule has 1 aliphatic rings. The number of nitrogens with zero attached hydrogens (tertiary/aromatic N) is 1. The van der Waals surface area contributed by atoms with E-state index in [1.165, 1.54) is 0 Å². The number of carbonyl (C=O) groups excluding carboxylic acids is 2. The van der Waals surface area contributed by atoms with Crippen LogP contribution >= 0.6 is 0 Å². The Morgan fingerprint density at radius 3 is 1.90 bits per heavy atom. The number of carbonyl (C=O) groups is 2. The van der Waals surface area contributed by atoms with Gasteiger partial charge in [0.15, 0.2) is 0 Å². The quantitative estimate of drug-likeness (QED) is 0.855. The van der Waals surface area contributed by atoms with Crippen molar-refractivity contribution in [3.63, 3.8) is 0 Å². The average Bonchev–Trinajstić information content (AvgIpc) is 2.68. The standard InChI is InChI=1S/C11H9F3N2O4S/c12-11(13,14)7-1-3-8(4-2-7)15-21(19,20)16-9(17)5-6-10(16)18/h1-4,15H,5-6H2. The Balaban J connectivity index is 2.21. The number of benzene rings is 1. The van der Waals surface area contributed by atoms with Crippen LogP contribution in [0.3, 0.4) is 0 Å². The van der Waals surface area contributed by atoms with Gasteiger partial charge in [-0.25, -0.2) is 0 Å². The summed E-state index contributed by atoms with van der Waals surface area (Å²) in [6.07, 6.45) is -4.97. The molecule has 10 heteroatoms. The first kappa shape index (κ1) is 15.3. The topological polar surface area (TPSA) is 83.6 Å². The molecular formula is C11H9F3N2O4S. The summed E-state index contributed by atoms with van der Waals surface area (Å²) in [6, 6.07) is 3.16. The van der Waals surface area contributed by atoms with Crippen LogP contribution in [0.4, 0.5) is 18.9 Å². The van der Waals surface area contributed by atoms with Gasteiger partial charge in [0, 0.05) is 12.8 Å². The second kappa shape index (κ2) is 5.02. The molecule has 0 saturated carbocycles. The molecular weight excluding hydrogens is 313 g/mol. The molecule has 0 radical (unpaired) electrons. The number of alkyl halides is 3. The Bertz CT molecular complexity index is 666. The van der Waals surface area contributed by atoms with Crippen molar-refractivity contribution in [2.75, 3.05) is 4.72 Å². The van der Waals surface area contributed by atoms with Gasteiger partial charge in [0.25, 0.3) is 0 Å². The average molecular weight is 322 g/mol. The molecule has 0 bridgehead atoms. The maximum atomic E-state index is 12.4. The zero-order chi connectivity index (χ0) is 15.8. The first-order valence-corrected chi connectivity index (χ1v) is 7.11. The van der Waals surface area contributed by atoms with Crippen molar-refractivity contribution in [3.8, 4) is 0 Å². The van der Waals surface area contributed by atoms with Crippen LogP contribution in [0.15, 0.2) is 24.3 Å². The van der Waals surface area contributed by atoms with Crippen LogP contribution in [0.5, 0.6) is 0 Å². The molecule has 1 fully saturated rings. The highest BCUT2D eigenvalue weighted by Gasteiger charge is 2.39. The van der Waals surface area contributed by atoms with Gasteiger partial charge in [-0.3, -0.25) is 14.3 Å².